The van der Waals surface area contributed by atoms with Gasteiger partial charge < -0.3 is 19.5 Å². The van der Waals surface area contributed by atoms with E-state index in [1.807, 2.05) is 6.92 Å². The molecular weight excluding hydrogens is 550 g/mol. The normalized spacial score (nSPS) is 12.1. The summed E-state index contributed by atoms with van der Waals surface area (Å²) in [6, 6.07) is 0. The van der Waals surface area contributed by atoms with E-state index in [4.69, 9.17) is 9.47 Å². The smallest absolute Gasteiger partial charge is 0.308 e. The molecule has 0 aromatic heterocycles. The standard InChI is InChI=1S/C38H75NO5/c1-4-6-8-10-12-13-15-18-25-34-43-37(41)29-22-20-24-31-39(32-27-33-40)30-23-17-16-21-28-36(3)38(42)44-35-26-19-14-11-9-7-5-2/h36,40H,4-35H2,1-3H3. The molecule has 0 amide bonds. The van der Waals surface area contributed by atoms with Crippen molar-refractivity contribution in [3.05, 3.63) is 0 Å². The molecule has 1 N–H and O–H groups in total. The van der Waals surface area contributed by atoms with Crippen molar-refractivity contribution in [3.63, 3.8) is 0 Å². The highest BCUT2D eigenvalue weighted by molar-refractivity contribution is 5.71. The predicted molar refractivity (Wildman–Crippen MR) is 186 cm³/mol. The van der Waals surface area contributed by atoms with Gasteiger partial charge in [-0.15, -0.1) is 0 Å². The molecule has 0 rings (SSSR count). The monoisotopic (exact) mass is 626 g/mol. The van der Waals surface area contributed by atoms with Crippen molar-refractivity contribution in [1.82, 2.24) is 4.90 Å². The van der Waals surface area contributed by atoms with Crippen molar-refractivity contribution < 1.29 is 24.2 Å². The molecule has 6 heteroatoms. The van der Waals surface area contributed by atoms with Gasteiger partial charge in [0.25, 0.3) is 0 Å². The van der Waals surface area contributed by atoms with Gasteiger partial charge in [-0.25, -0.2) is 0 Å². The Morgan fingerprint density at radius 2 is 0.977 bits per heavy atom. The van der Waals surface area contributed by atoms with Crippen LogP contribution in [-0.2, 0) is 19.1 Å². The summed E-state index contributed by atoms with van der Waals surface area (Å²) in [6.45, 7) is 10.9. The van der Waals surface area contributed by atoms with Crippen molar-refractivity contribution in [1.29, 1.82) is 0 Å². The first-order chi connectivity index (χ1) is 21.5. The second-order valence-electron chi connectivity index (χ2n) is 13.2. The number of aliphatic hydroxyl groups excluding tert-OH is 1. The van der Waals surface area contributed by atoms with Crippen LogP contribution in [0.2, 0.25) is 0 Å². The first kappa shape index (κ1) is 42.9. The molecule has 0 aromatic rings. The first-order valence-corrected chi connectivity index (χ1v) is 19.2. The maximum absolute atomic E-state index is 12.3. The topological polar surface area (TPSA) is 76.1 Å². The zero-order chi connectivity index (χ0) is 32.4. The van der Waals surface area contributed by atoms with Crippen LogP contribution in [0.1, 0.15) is 188 Å². The summed E-state index contributed by atoms with van der Waals surface area (Å²) in [5, 5.41) is 9.30. The largest absolute Gasteiger partial charge is 0.466 e. The van der Waals surface area contributed by atoms with Gasteiger partial charge in [0.15, 0.2) is 0 Å². The van der Waals surface area contributed by atoms with Crippen molar-refractivity contribution in [2.24, 2.45) is 5.92 Å². The third-order valence-corrected chi connectivity index (χ3v) is 8.75. The number of esters is 2. The van der Waals surface area contributed by atoms with Gasteiger partial charge in [0.05, 0.1) is 19.1 Å². The Labute approximate surface area is 273 Å². The van der Waals surface area contributed by atoms with E-state index in [1.165, 1.54) is 83.5 Å². The predicted octanol–water partition coefficient (Wildman–Crippen LogP) is 10.2. The van der Waals surface area contributed by atoms with Crippen molar-refractivity contribution >= 4 is 11.9 Å². The Bertz CT molecular complexity index is 614. The number of nitrogens with zero attached hydrogens (tertiary/aromatic N) is 1. The third kappa shape index (κ3) is 30.9. The zero-order valence-electron chi connectivity index (χ0n) is 29.7. The Morgan fingerprint density at radius 1 is 0.545 bits per heavy atom. The summed E-state index contributed by atoms with van der Waals surface area (Å²) < 4.78 is 10.9. The van der Waals surface area contributed by atoms with E-state index in [0.29, 0.717) is 19.6 Å². The Balaban J connectivity index is 3.75. The highest BCUT2D eigenvalue weighted by Gasteiger charge is 2.14. The van der Waals surface area contributed by atoms with E-state index in [-0.39, 0.29) is 24.5 Å². The molecule has 0 saturated carbocycles. The highest BCUT2D eigenvalue weighted by atomic mass is 16.5. The number of hydrogen-bond acceptors (Lipinski definition) is 6. The molecule has 1 atom stereocenters. The van der Waals surface area contributed by atoms with Crippen LogP contribution in [0.5, 0.6) is 0 Å². The third-order valence-electron chi connectivity index (χ3n) is 8.75. The molecule has 0 aliphatic carbocycles. The van der Waals surface area contributed by atoms with Crippen LogP contribution in [0.3, 0.4) is 0 Å². The molecular formula is C38H75NO5. The van der Waals surface area contributed by atoms with Crippen molar-refractivity contribution in [2.75, 3.05) is 39.5 Å². The van der Waals surface area contributed by atoms with Crippen LogP contribution in [0.4, 0.5) is 0 Å². The molecule has 0 bridgehead atoms. The van der Waals surface area contributed by atoms with Crippen LogP contribution < -0.4 is 0 Å². The maximum atomic E-state index is 12.3. The molecule has 0 aromatic carbocycles. The molecule has 0 aliphatic rings. The summed E-state index contributed by atoms with van der Waals surface area (Å²) >= 11 is 0. The summed E-state index contributed by atoms with van der Waals surface area (Å²) in [4.78, 5) is 26.8. The number of unbranched alkanes of at least 4 members (excludes halogenated alkanes) is 19. The van der Waals surface area contributed by atoms with Gasteiger partial charge >= 0.3 is 11.9 Å². The number of rotatable bonds is 35. The molecule has 1 unspecified atom stereocenters. The number of carbonyl (C=O) groups excluding carboxylic acids is 2. The lowest BCUT2D eigenvalue weighted by atomic mass is 10.0. The molecule has 0 saturated heterocycles. The van der Waals surface area contributed by atoms with Gasteiger partial charge in [-0.1, -0.05) is 136 Å². The average molecular weight is 626 g/mol. The van der Waals surface area contributed by atoms with Crippen LogP contribution in [0.15, 0.2) is 0 Å². The van der Waals surface area contributed by atoms with Gasteiger partial charge in [0, 0.05) is 19.6 Å². The van der Waals surface area contributed by atoms with E-state index >= 15 is 0 Å². The molecule has 44 heavy (non-hydrogen) atoms. The SMILES string of the molecule is CCCCCCCCCCCOC(=O)CCCCCN(CCCO)CCCCCCC(C)C(=O)OCCCCCCCCC. The van der Waals surface area contributed by atoms with Gasteiger partial charge in [0.1, 0.15) is 0 Å². The summed E-state index contributed by atoms with van der Waals surface area (Å²) in [6.07, 6.45) is 29.9. The lowest BCUT2D eigenvalue weighted by molar-refractivity contribution is -0.148. The van der Waals surface area contributed by atoms with E-state index in [0.717, 1.165) is 96.7 Å². The van der Waals surface area contributed by atoms with Gasteiger partial charge in [-0.2, -0.15) is 0 Å². The second kappa shape index (κ2) is 34.7. The maximum Gasteiger partial charge on any atom is 0.308 e. The fraction of sp³-hybridized carbons (Fsp3) is 0.947. The van der Waals surface area contributed by atoms with E-state index in [1.54, 1.807) is 0 Å². The molecule has 0 spiro atoms. The molecule has 0 radical (unpaired) electrons. The number of hydrogen-bond donors (Lipinski definition) is 1. The number of carbonyl (C=O) groups is 2. The van der Waals surface area contributed by atoms with Gasteiger partial charge in [-0.3, -0.25) is 9.59 Å². The quantitative estimate of drug-likeness (QED) is 0.0558. The molecule has 6 nitrogen and oxygen atoms in total. The molecule has 0 fully saturated rings. The van der Waals surface area contributed by atoms with Crippen LogP contribution in [0, 0.1) is 5.92 Å². The van der Waals surface area contributed by atoms with E-state index in [9.17, 15) is 14.7 Å². The van der Waals surface area contributed by atoms with Crippen molar-refractivity contribution in [2.45, 2.75) is 188 Å². The minimum absolute atomic E-state index is 0.00667. The van der Waals surface area contributed by atoms with Gasteiger partial charge in [0.2, 0.25) is 0 Å². The van der Waals surface area contributed by atoms with Crippen LogP contribution >= 0.6 is 0 Å². The zero-order valence-corrected chi connectivity index (χ0v) is 29.7. The number of aliphatic hydroxyl groups is 1. The molecule has 0 aliphatic heterocycles. The minimum Gasteiger partial charge on any atom is -0.466 e. The lowest BCUT2D eigenvalue weighted by Crippen LogP contribution is -2.28. The van der Waals surface area contributed by atoms with Crippen LogP contribution in [-0.4, -0.2) is 61.4 Å². The van der Waals surface area contributed by atoms with Gasteiger partial charge in [-0.05, 0) is 58.0 Å². The summed E-state index contributed by atoms with van der Waals surface area (Å²) in [7, 11) is 0. The van der Waals surface area contributed by atoms with E-state index in [2.05, 4.69) is 18.7 Å². The summed E-state index contributed by atoms with van der Waals surface area (Å²) in [5.41, 5.74) is 0. The minimum atomic E-state index is -0.0440. The Morgan fingerprint density at radius 3 is 1.52 bits per heavy atom. The fourth-order valence-electron chi connectivity index (χ4n) is 5.71. The Kier molecular flexibility index (Phi) is 33.8. The summed E-state index contributed by atoms with van der Waals surface area (Å²) in [5.74, 6) is -0.0801. The van der Waals surface area contributed by atoms with Crippen molar-refractivity contribution in [3.8, 4) is 0 Å². The fourth-order valence-corrected chi connectivity index (χ4v) is 5.71. The lowest BCUT2D eigenvalue weighted by Gasteiger charge is -2.22. The first-order valence-electron chi connectivity index (χ1n) is 19.2. The number of ether oxygens (including phenoxy) is 2. The second-order valence-corrected chi connectivity index (χ2v) is 13.2. The molecule has 262 valence electrons. The molecule has 0 heterocycles. The van der Waals surface area contributed by atoms with E-state index < -0.39 is 0 Å². The highest BCUT2D eigenvalue weighted by Crippen LogP contribution is 2.14. The average Bonchev–Trinajstić information content (AvgIpc) is 3.02. The Hall–Kier alpha value is -1.14. The van der Waals surface area contributed by atoms with Crippen LogP contribution in [0.25, 0.3) is 0 Å².